The number of amides is 2. The Kier molecular flexibility index (Phi) is 6.17. The van der Waals surface area contributed by atoms with Crippen LogP contribution in [0.5, 0.6) is 0 Å². The summed E-state index contributed by atoms with van der Waals surface area (Å²) < 4.78 is 23.4. The van der Waals surface area contributed by atoms with Crippen LogP contribution in [0.2, 0.25) is 0 Å². The van der Waals surface area contributed by atoms with Gasteiger partial charge in [-0.15, -0.1) is 0 Å². The summed E-state index contributed by atoms with van der Waals surface area (Å²) in [4.78, 5) is 26.4. The second kappa shape index (κ2) is 8.42. The molecule has 0 saturated carbocycles. The van der Waals surface area contributed by atoms with E-state index in [0.717, 1.165) is 15.7 Å². The van der Waals surface area contributed by atoms with Gasteiger partial charge >= 0.3 is 0 Å². The van der Waals surface area contributed by atoms with Crippen molar-refractivity contribution in [1.29, 1.82) is 0 Å². The van der Waals surface area contributed by atoms with E-state index < -0.39 is 15.9 Å². The van der Waals surface area contributed by atoms with Crippen molar-refractivity contribution >= 4 is 43.5 Å². The van der Waals surface area contributed by atoms with Crippen molar-refractivity contribution < 1.29 is 18.0 Å². The Labute approximate surface area is 172 Å². The molecule has 1 heterocycles. The average molecular weight is 466 g/mol. The lowest BCUT2D eigenvalue weighted by Crippen LogP contribution is -2.34. The van der Waals surface area contributed by atoms with Gasteiger partial charge in [-0.05, 0) is 42.3 Å². The molecule has 3 N–H and O–H groups in total. The van der Waals surface area contributed by atoms with Gasteiger partial charge in [-0.1, -0.05) is 34.1 Å². The first kappa shape index (κ1) is 20.5. The second-order valence-corrected chi connectivity index (χ2v) is 9.09. The van der Waals surface area contributed by atoms with Crippen molar-refractivity contribution in [3.05, 3.63) is 58.6 Å². The normalized spacial score (nSPS) is 17.0. The van der Waals surface area contributed by atoms with Gasteiger partial charge in [-0.25, -0.2) is 13.6 Å². The molecule has 148 valence electrons. The van der Waals surface area contributed by atoms with E-state index in [9.17, 15) is 18.0 Å². The zero-order chi connectivity index (χ0) is 20.3. The van der Waals surface area contributed by atoms with Gasteiger partial charge in [0.1, 0.15) is 0 Å². The third-order valence-electron chi connectivity index (χ3n) is 4.58. The van der Waals surface area contributed by atoms with E-state index in [-0.39, 0.29) is 23.1 Å². The highest BCUT2D eigenvalue weighted by Gasteiger charge is 2.34. The number of hydrogen-bond donors (Lipinski definition) is 2. The lowest BCUT2D eigenvalue weighted by atomic mass is 10.1. The number of sulfonamides is 1. The Bertz CT molecular complexity index is 992. The number of rotatable bonds is 6. The monoisotopic (exact) mass is 465 g/mol. The molecule has 28 heavy (non-hydrogen) atoms. The Balaban J connectivity index is 1.52. The number of halogens is 1. The van der Waals surface area contributed by atoms with E-state index >= 15 is 0 Å². The number of nitrogens with two attached hydrogens (primary N) is 1. The number of primary sulfonamides is 1. The molecule has 0 aliphatic carbocycles. The molecule has 1 atom stereocenters. The van der Waals surface area contributed by atoms with Crippen molar-refractivity contribution in [3.63, 3.8) is 0 Å². The number of hydrogen-bond acceptors (Lipinski definition) is 4. The summed E-state index contributed by atoms with van der Waals surface area (Å²) in [5.41, 5.74) is 1.65. The molecule has 1 saturated heterocycles. The van der Waals surface area contributed by atoms with Crippen LogP contribution < -0.4 is 15.4 Å². The van der Waals surface area contributed by atoms with Crippen molar-refractivity contribution in [2.75, 3.05) is 18.0 Å². The van der Waals surface area contributed by atoms with Crippen LogP contribution in [0.15, 0.2) is 57.9 Å². The van der Waals surface area contributed by atoms with E-state index in [0.29, 0.717) is 19.5 Å². The van der Waals surface area contributed by atoms with Gasteiger partial charge in [-0.3, -0.25) is 9.59 Å². The predicted molar refractivity (Wildman–Crippen MR) is 109 cm³/mol. The fourth-order valence-electron chi connectivity index (χ4n) is 3.10. The van der Waals surface area contributed by atoms with Gasteiger partial charge in [0, 0.05) is 29.7 Å². The van der Waals surface area contributed by atoms with Crippen molar-refractivity contribution in [2.24, 2.45) is 11.1 Å². The minimum absolute atomic E-state index is 0.0531. The number of nitrogens with zero attached hydrogens (tertiary/aromatic N) is 1. The lowest BCUT2D eigenvalue weighted by molar-refractivity contribution is -0.126. The molecule has 2 aromatic carbocycles. The molecule has 0 aromatic heterocycles. The third kappa shape index (κ3) is 4.98. The molecule has 1 aliphatic rings. The number of anilines is 1. The topological polar surface area (TPSA) is 110 Å². The Hall–Kier alpha value is -2.23. The number of carbonyl (C=O) groups is 2. The average Bonchev–Trinajstić information content (AvgIpc) is 3.03. The summed E-state index contributed by atoms with van der Waals surface area (Å²) in [5, 5.41) is 7.92. The van der Waals surface area contributed by atoms with Crippen LogP contribution >= 0.6 is 15.9 Å². The first-order valence-corrected chi connectivity index (χ1v) is 11.0. The standard InChI is InChI=1S/C19H20BrN3O4S/c20-15-2-1-3-16(11-15)23-12-14(10-18(23)24)19(25)22-9-8-13-4-6-17(7-5-13)28(21,26)27/h1-7,11,14H,8-10,12H2,(H,22,25)(H2,21,26,27). The molecule has 0 spiro atoms. The Morgan fingerprint density at radius 1 is 1.21 bits per heavy atom. The van der Waals surface area contributed by atoms with E-state index in [1.165, 1.54) is 12.1 Å². The molecular formula is C19H20BrN3O4S. The van der Waals surface area contributed by atoms with Gasteiger partial charge in [-0.2, -0.15) is 0 Å². The van der Waals surface area contributed by atoms with Crippen LogP contribution in [-0.2, 0) is 26.0 Å². The Morgan fingerprint density at radius 3 is 2.57 bits per heavy atom. The Morgan fingerprint density at radius 2 is 1.93 bits per heavy atom. The summed E-state index contributed by atoms with van der Waals surface area (Å²) in [6, 6.07) is 13.6. The van der Waals surface area contributed by atoms with Crippen LogP contribution in [0.1, 0.15) is 12.0 Å². The van der Waals surface area contributed by atoms with Gasteiger partial charge in [0.15, 0.2) is 0 Å². The molecule has 9 heteroatoms. The molecule has 1 fully saturated rings. The summed E-state index contributed by atoms with van der Waals surface area (Å²) in [6.45, 7) is 0.749. The van der Waals surface area contributed by atoms with Crippen LogP contribution in [0.4, 0.5) is 5.69 Å². The molecular weight excluding hydrogens is 446 g/mol. The maximum absolute atomic E-state index is 12.4. The van der Waals surface area contributed by atoms with Crippen LogP contribution in [0, 0.1) is 5.92 Å². The zero-order valence-corrected chi connectivity index (χ0v) is 17.4. The summed E-state index contributed by atoms with van der Waals surface area (Å²) in [5.74, 6) is -0.625. The molecule has 0 radical (unpaired) electrons. The van der Waals surface area contributed by atoms with Crippen molar-refractivity contribution in [3.8, 4) is 0 Å². The highest BCUT2D eigenvalue weighted by molar-refractivity contribution is 9.10. The van der Waals surface area contributed by atoms with E-state index in [4.69, 9.17) is 5.14 Å². The quantitative estimate of drug-likeness (QED) is 0.677. The SMILES string of the molecule is NS(=O)(=O)c1ccc(CCNC(=O)C2CC(=O)N(c3cccc(Br)c3)C2)cc1. The zero-order valence-electron chi connectivity index (χ0n) is 15.0. The van der Waals surface area contributed by atoms with Crippen LogP contribution in [0.3, 0.4) is 0 Å². The maximum Gasteiger partial charge on any atom is 0.238 e. The minimum atomic E-state index is -3.71. The fourth-order valence-corrected chi connectivity index (χ4v) is 4.00. The highest BCUT2D eigenvalue weighted by Crippen LogP contribution is 2.27. The largest absolute Gasteiger partial charge is 0.355 e. The van der Waals surface area contributed by atoms with E-state index in [1.54, 1.807) is 17.0 Å². The molecule has 2 aromatic rings. The summed E-state index contributed by atoms with van der Waals surface area (Å²) in [7, 11) is -3.71. The first-order chi connectivity index (χ1) is 13.2. The van der Waals surface area contributed by atoms with Gasteiger partial charge in [0.05, 0.1) is 10.8 Å². The third-order valence-corrected chi connectivity index (χ3v) is 6.00. The number of carbonyl (C=O) groups excluding carboxylic acids is 2. The maximum atomic E-state index is 12.4. The van der Waals surface area contributed by atoms with Crippen molar-refractivity contribution in [2.45, 2.75) is 17.7 Å². The molecule has 7 nitrogen and oxygen atoms in total. The smallest absolute Gasteiger partial charge is 0.238 e. The van der Waals surface area contributed by atoms with Crippen LogP contribution in [-0.4, -0.2) is 33.3 Å². The van der Waals surface area contributed by atoms with Gasteiger partial charge in [0.25, 0.3) is 0 Å². The van der Waals surface area contributed by atoms with E-state index in [2.05, 4.69) is 21.2 Å². The summed E-state index contributed by atoms with van der Waals surface area (Å²) >= 11 is 3.39. The summed E-state index contributed by atoms with van der Waals surface area (Å²) in [6.07, 6.45) is 0.730. The van der Waals surface area contributed by atoms with Gasteiger partial charge in [0.2, 0.25) is 21.8 Å². The minimum Gasteiger partial charge on any atom is -0.355 e. The number of nitrogens with one attached hydrogen (secondary N) is 1. The lowest BCUT2D eigenvalue weighted by Gasteiger charge is -2.17. The molecule has 1 aliphatic heterocycles. The molecule has 0 bridgehead atoms. The van der Waals surface area contributed by atoms with Gasteiger partial charge < -0.3 is 10.2 Å². The molecule has 3 rings (SSSR count). The van der Waals surface area contributed by atoms with Crippen LogP contribution in [0.25, 0.3) is 0 Å². The van der Waals surface area contributed by atoms with E-state index in [1.807, 2.05) is 24.3 Å². The second-order valence-electron chi connectivity index (χ2n) is 6.62. The predicted octanol–water partition coefficient (Wildman–Crippen LogP) is 1.81. The first-order valence-electron chi connectivity index (χ1n) is 8.69. The number of benzene rings is 2. The highest BCUT2D eigenvalue weighted by atomic mass is 79.9. The molecule has 2 amide bonds. The van der Waals surface area contributed by atoms with Crippen molar-refractivity contribution in [1.82, 2.24) is 5.32 Å². The fraction of sp³-hybridized carbons (Fsp3) is 0.263. The molecule has 1 unspecified atom stereocenters.